The van der Waals surface area contributed by atoms with E-state index in [1.165, 1.54) is 6.08 Å². The summed E-state index contributed by atoms with van der Waals surface area (Å²) in [6, 6.07) is 3.85. The van der Waals surface area contributed by atoms with Crippen LogP contribution >= 0.6 is 0 Å². The summed E-state index contributed by atoms with van der Waals surface area (Å²) in [6.45, 7) is 7.96. The fraction of sp³-hybridized carbons (Fsp3) is 0.500. The molecule has 2 rings (SSSR count). The van der Waals surface area contributed by atoms with Crippen LogP contribution in [0.5, 0.6) is 5.75 Å². The van der Waals surface area contributed by atoms with Crippen LogP contribution in [-0.2, 0) is 11.8 Å². The summed E-state index contributed by atoms with van der Waals surface area (Å²) in [6.07, 6.45) is -2.80. The van der Waals surface area contributed by atoms with Gasteiger partial charge in [-0.3, -0.25) is 0 Å². The molecule has 1 aromatic rings. The number of ether oxygens (including phenoxy) is 1. The van der Waals surface area contributed by atoms with Gasteiger partial charge in [0.25, 0.3) is 0 Å². The third-order valence-corrected chi connectivity index (χ3v) is 3.41. The minimum Gasteiger partial charge on any atom is -0.476 e. The first kappa shape index (κ1) is 14.9. The van der Waals surface area contributed by atoms with Crippen molar-refractivity contribution in [3.05, 3.63) is 34.9 Å². The molecule has 0 radical (unpaired) electrons. The van der Waals surface area contributed by atoms with Crippen LogP contribution in [0.2, 0.25) is 0 Å². The molecule has 0 aromatic heterocycles. The molecule has 0 spiro atoms. The first-order valence-corrected chi connectivity index (χ1v) is 6.72. The SMILES string of the molecule is CCc1cc2c(c(C(C)(C)C)c1)OC(C(F)(F)F)C=C2. The zero-order valence-electron chi connectivity index (χ0n) is 12.1. The van der Waals surface area contributed by atoms with Gasteiger partial charge in [0.2, 0.25) is 6.10 Å². The number of rotatable bonds is 1. The van der Waals surface area contributed by atoms with E-state index in [0.717, 1.165) is 29.2 Å². The Bertz CT molecular complexity index is 536. The van der Waals surface area contributed by atoms with E-state index in [2.05, 4.69) is 0 Å². The summed E-state index contributed by atoms with van der Waals surface area (Å²) in [5.41, 5.74) is 2.39. The zero-order valence-corrected chi connectivity index (χ0v) is 12.1. The average molecular weight is 284 g/mol. The van der Waals surface area contributed by atoms with Crippen LogP contribution in [0, 0.1) is 0 Å². The van der Waals surface area contributed by atoms with Crippen molar-refractivity contribution in [2.45, 2.75) is 51.8 Å². The first-order valence-electron chi connectivity index (χ1n) is 6.72. The third-order valence-electron chi connectivity index (χ3n) is 3.41. The van der Waals surface area contributed by atoms with E-state index in [1.54, 1.807) is 0 Å². The molecule has 1 unspecified atom stereocenters. The summed E-state index contributed by atoms with van der Waals surface area (Å²) >= 11 is 0. The topological polar surface area (TPSA) is 9.23 Å². The van der Waals surface area contributed by atoms with Gasteiger partial charge in [-0.25, -0.2) is 0 Å². The summed E-state index contributed by atoms with van der Waals surface area (Å²) in [4.78, 5) is 0. The fourth-order valence-electron chi connectivity index (χ4n) is 2.26. The maximum Gasteiger partial charge on any atom is 0.429 e. The molecule has 1 aromatic carbocycles. The van der Waals surface area contributed by atoms with Crippen molar-refractivity contribution in [2.24, 2.45) is 0 Å². The quantitative estimate of drug-likeness (QED) is 0.714. The Morgan fingerprint density at radius 2 is 1.80 bits per heavy atom. The maximum atomic E-state index is 12.8. The minimum absolute atomic E-state index is 0.267. The van der Waals surface area contributed by atoms with E-state index in [0.29, 0.717) is 5.75 Å². The largest absolute Gasteiger partial charge is 0.476 e. The van der Waals surface area contributed by atoms with Gasteiger partial charge in [0.15, 0.2) is 0 Å². The van der Waals surface area contributed by atoms with E-state index in [4.69, 9.17) is 4.74 Å². The van der Waals surface area contributed by atoms with Crippen molar-refractivity contribution in [1.29, 1.82) is 0 Å². The van der Waals surface area contributed by atoms with E-state index < -0.39 is 12.3 Å². The van der Waals surface area contributed by atoms with Crippen LogP contribution < -0.4 is 4.74 Å². The van der Waals surface area contributed by atoms with Gasteiger partial charge >= 0.3 is 6.18 Å². The number of halogens is 3. The number of alkyl halides is 3. The van der Waals surface area contributed by atoms with Gasteiger partial charge in [0, 0.05) is 11.1 Å². The molecule has 110 valence electrons. The lowest BCUT2D eigenvalue weighted by Crippen LogP contribution is -2.35. The number of hydrogen-bond donors (Lipinski definition) is 0. The second-order valence-electron chi connectivity index (χ2n) is 6.10. The standard InChI is InChI=1S/C16H19F3O/c1-5-10-8-11-6-7-13(16(17,18)19)20-14(11)12(9-10)15(2,3)4/h6-9,13H,5H2,1-4H3. The van der Waals surface area contributed by atoms with Crippen molar-refractivity contribution in [3.63, 3.8) is 0 Å². The molecule has 0 fully saturated rings. The molecular weight excluding hydrogens is 265 g/mol. The van der Waals surface area contributed by atoms with Crippen molar-refractivity contribution in [2.75, 3.05) is 0 Å². The molecule has 0 saturated heterocycles. The Morgan fingerprint density at radius 3 is 2.30 bits per heavy atom. The second kappa shape index (κ2) is 4.83. The number of benzene rings is 1. The van der Waals surface area contributed by atoms with Crippen molar-refractivity contribution >= 4 is 6.08 Å². The van der Waals surface area contributed by atoms with E-state index >= 15 is 0 Å². The Labute approximate surface area is 117 Å². The van der Waals surface area contributed by atoms with Gasteiger partial charge in [-0.2, -0.15) is 13.2 Å². The highest BCUT2D eigenvalue weighted by atomic mass is 19.4. The number of aryl methyl sites for hydroxylation is 1. The Hall–Kier alpha value is -1.45. The summed E-state index contributed by atoms with van der Waals surface area (Å²) in [5, 5.41) is 0. The molecule has 20 heavy (non-hydrogen) atoms. The van der Waals surface area contributed by atoms with E-state index in [1.807, 2.05) is 39.8 Å². The molecule has 1 heterocycles. The zero-order chi connectivity index (χ0) is 15.1. The average Bonchev–Trinajstić information content (AvgIpc) is 2.34. The Morgan fingerprint density at radius 1 is 1.15 bits per heavy atom. The van der Waals surface area contributed by atoms with Crippen LogP contribution in [0.3, 0.4) is 0 Å². The molecular formula is C16H19F3O. The summed E-state index contributed by atoms with van der Waals surface area (Å²) in [5.74, 6) is 0.361. The highest BCUT2D eigenvalue weighted by Gasteiger charge is 2.42. The van der Waals surface area contributed by atoms with Gasteiger partial charge < -0.3 is 4.74 Å². The molecule has 0 aliphatic carbocycles. The molecule has 1 nitrogen and oxygen atoms in total. The fourth-order valence-corrected chi connectivity index (χ4v) is 2.26. The van der Waals surface area contributed by atoms with Crippen molar-refractivity contribution < 1.29 is 17.9 Å². The normalized spacial score (nSPS) is 18.6. The predicted molar refractivity (Wildman–Crippen MR) is 74.0 cm³/mol. The van der Waals surface area contributed by atoms with Gasteiger partial charge in [-0.05, 0) is 29.5 Å². The van der Waals surface area contributed by atoms with Crippen molar-refractivity contribution in [1.82, 2.24) is 0 Å². The molecule has 1 atom stereocenters. The molecule has 0 saturated carbocycles. The molecule has 0 amide bonds. The molecule has 1 aliphatic heterocycles. The number of hydrogen-bond acceptors (Lipinski definition) is 1. The van der Waals surface area contributed by atoms with Crippen molar-refractivity contribution in [3.8, 4) is 5.75 Å². The summed E-state index contributed by atoms with van der Waals surface area (Å²) < 4.78 is 43.7. The Balaban J connectivity index is 2.55. The maximum absolute atomic E-state index is 12.8. The lowest BCUT2D eigenvalue weighted by atomic mass is 9.83. The second-order valence-corrected chi connectivity index (χ2v) is 6.10. The third kappa shape index (κ3) is 2.84. The number of fused-ring (bicyclic) bond motifs is 1. The highest BCUT2D eigenvalue weighted by Crippen LogP contribution is 2.41. The first-order chi connectivity index (χ1) is 9.13. The van der Waals surface area contributed by atoms with Gasteiger partial charge in [0.1, 0.15) is 5.75 Å². The lowest BCUT2D eigenvalue weighted by Gasteiger charge is -2.30. The van der Waals surface area contributed by atoms with Gasteiger partial charge in [-0.15, -0.1) is 0 Å². The van der Waals surface area contributed by atoms with Crippen LogP contribution in [0.25, 0.3) is 6.08 Å². The molecule has 0 bridgehead atoms. The monoisotopic (exact) mass is 284 g/mol. The van der Waals surface area contributed by atoms with Gasteiger partial charge in [-0.1, -0.05) is 39.8 Å². The molecule has 0 N–H and O–H groups in total. The van der Waals surface area contributed by atoms with Crippen LogP contribution in [0.15, 0.2) is 18.2 Å². The predicted octanol–water partition coefficient (Wildman–Crippen LogP) is 4.88. The molecule has 4 heteroatoms. The van der Waals surface area contributed by atoms with E-state index in [9.17, 15) is 13.2 Å². The van der Waals surface area contributed by atoms with Crippen LogP contribution in [0.4, 0.5) is 13.2 Å². The lowest BCUT2D eigenvalue weighted by molar-refractivity contribution is -0.180. The highest BCUT2D eigenvalue weighted by molar-refractivity contribution is 5.65. The Kier molecular flexibility index (Phi) is 3.61. The van der Waals surface area contributed by atoms with Crippen LogP contribution in [-0.4, -0.2) is 12.3 Å². The van der Waals surface area contributed by atoms with Crippen LogP contribution in [0.1, 0.15) is 44.4 Å². The summed E-state index contributed by atoms with van der Waals surface area (Å²) in [7, 11) is 0. The molecule has 1 aliphatic rings. The van der Waals surface area contributed by atoms with E-state index in [-0.39, 0.29) is 5.41 Å². The smallest absolute Gasteiger partial charge is 0.429 e. The van der Waals surface area contributed by atoms with Gasteiger partial charge in [0.05, 0.1) is 0 Å². The minimum atomic E-state index is -4.38.